The number of fused-ring (bicyclic) bond motifs is 4. The predicted octanol–water partition coefficient (Wildman–Crippen LogP) is 3.45. The SMILES string of the molecule is COc1c2oc3ccccc3nc-2c2ccccc2c1=O. The Labute approximate surface area is 119 Å². The summed E-state index contributed by atoms with van der Waals surface area (Å²) in [5, 5.41) is 1.35. The van der Waals surface area contributed by atoms with Gasteiger partial charge in [-0.15, -0.1) is 0 Å². The first-order chi connectivity index (χ1) is 10.3. The van der Waals surface area contributed by atoms with Crippen LogP contribution in [0.3, 0.4) is 0 Å². The van der Waals surface area contributed by atoms with Crippen molar-refractivity contribution in [3.05, 3.63) is 58.8 Å². The first-order valence-corrected chi connectivity index (χ1v) is 6.58. The molecule has 1 aliphatic carbocycles. The second-order valence-corrected chi connectivity index (χ2v) is 4.77. The molecule has 0 atom stereocenters. The lowest BCUT2D eigenvalue weighted by molar-refractivity contribution is 0.399. The van der Waals surface area contributed by atoms with Gasteiger partial charge in [0.15, 0.2) is 11.3 Å². The van der Waals surface area contributed by atoms with Gasteiger partial charge in [0.2, 0.25) is 11.2 Å². The fraction of sp³-hybridized carbons (Fsp3) is 0.0588. The molecule has 0 spiro atoms. The third kappa shape index (κ3) is 1.62. The van der Waals surface area contributed by atoms with E-state index in [1.54, 1.807) is 6.07 Å². The highest BCUT2D eigenvalue weighted by molar-refractivity contribution is 5.98. The number of hydrogen-bond donors (Lipinski definition) is 0. The number of nitrogens with zero attached hydrogens (tertiary/aromatic N) is 1. The lowest BCUT2D eigenvalue weighted by Crippen LogP contribution is -2.09. The summed E-state index contributed by atoms with van der Waals surface area (Å²) in [4.78, 5) is 17.1. The summed E-state index contributed by atoms with van der Waals surface area (Å²) in [5.41, 5.74) is 1.83. The van der Waals surface area contributed by atoms with Crippen LogP contribution in [0.5, 0.6) is 5.75 Å². The topological polar surface area (TPSA) is 52.3 Å². The molecule has 4 heteroatoms. The molecule has 2 aromatic carbocycles. The van der Waals surface area contributed by atoms with Crippen molar-refractivity contribution in [2.45, 2.75) is 0 Å². The van der Waals surface area contributed by atoms with Crippen LogP contribution in [0, 0.1) is 0 Å². The van der Waals surface area contributed by atoms with Gasteiger partial charge in [-0.3, -0.25) is 4.79 Å². The first-order valence-electron chi connectivity index (χ1n) is 6.58. The van der Waals surface area contributed by atoms with E-state index in [1.807, 2.05) is 42.5 Å². The Balaban J connectivity index is 2.32. The van der Waals surface area contributed by atoms with Gasteiger partial charge in [-0.1, -0.05) is 36.4 Å². The first kappa shape index (κ1) is 11.9. The maximum atomic E-state index is 12.5. The summed E-state index contributed by atoms with van der Waals surface area (Å²) in [7, 11) is 1.47. The van der Waals surface area contributed by atoms with Crippen LogP contribution in [0.1, 0.15) is 0 Å². The monoisotopic (exact) mass is 277 g/mol. The van der Waals surface area contributed by atoms with Gasteiger partial charge >= 0.3 is 0 Å². The highest BCUT2D eigenvalue weighted by Gasteiger charge is 2.22. The van der Waals surface area contributed by atoms with E-state index in [4.69, 9.17) is 9.15 Å². The summed E-state index contributed by atoms with van der Waals surface area (Å²) in [6, 6.07) is 14.8. The number of hydrogen-bond acceptors (Lipinski definition) is 4. The normalized spacial score (nSPS) is 11.3. The van der Waals surface area contributed by atoms with Crippen LogP contribution in [0.2, 0.25) is 0 Å². The van der Waals surface area contributed by atoms with Crippen molar-refractivity contribution in [1.29, 1.82) is 0 Å². The molecule has 0 unspecified atom stereocenters. The highest BCUT2D eigenvalue weighted by Crippen LogP contribution is 2.35. The minimum Gasteiger partial charge on any atom is -0.490 e. The number of ether oxygens (including phenoxy) is 1. The molecule has 0 radical (unpaired) electrons. The van der Waals surface area contributed by atoms with E-state index in [0.29, 0.717) is 22.4 Å². The molecule has 0 saturated carbocycles. The molecule has 102 valence electrons. The summed E-state index contributed by atoms with van der Waals surface area (Å²) in [5.74, 6) is 0.585. The fourth-order valence-corrected chi connectivity index (χ4v) is 2.60. The van der Waals surface area contributed by atoms with Crippen LogP contribution in [0.4, 0.5) is 0 Å². The van der Waals surface area contributed by atoms with Gasteiger partial charge in [0.05, 0.1) is 7.11 Å². The van der Waals surface area contributed by atoms with Gasteiger partial charge in [0.1, 0.15) is 11.2 Å². The molecular weight excluding hydrogens is 266 g/mol. The number of methoxy groups -OCH3 is 1. The van der Waals surface area contributed by atoms with Crippen LogP contribution >= 0.6 is 0 Å². The Morgan fingerprint density at radius 2 is 1.71 bits per heavy atom. The zero-order chi connectivity index (χ0) is 14.4. The molecule has 1 aliphatic heterocycles. The smallest absolute Gasteiger partial charge is 0.232 e. The Morgan fingerprint density at radius 1 is 1.00 bits per heavy atom. The van der Waals surface area contributed by atoms with E-state index in [0.717, 1.165) is 10.9 Å². The molecule has 0 amide bonds. The third-order valence-electron chi connectivity index (χ3n) is 3.57. The predicted molar refractivity (Wildman–Crippen MR) is 81.0 cm³/mol. The number of benzene rings is 3. The van der Waals surface area contributed by atoms with Crippen LogP contribution < -0.4 is 10.2 Å². The van der Waals surface area contributed by atoms with Gasteiger partial charge < -0.3 is 9.15 Å². The molecule has 4 rings (SSSR count). The van der Waals surface area contributed by atoms with Gasteiger partial charge in [0, 0.05) is 10.8 Å². The van der Waals surface area contributed by atoms with Crippen LogP contribution in [-0.2, 0) is 0 Å². The molecule has 0 aromatic heterocycles. The second-order valence-electron chi connectivity index (χ2n) is 4.77. The largest absolute Gasteiger partial charge is 0.490 e. The molecule has 0 fully saturated rings. The van der Waals surface area contributed by atoms with Crippen LogP contribution in [-0.4, -0.2) is 12.1 Å². The van der Waals surface area contributed by atoms with E-state index in [-0.39, 0.29) is 11.2 Å². The van der Waals surface area contributed by atoms with Gasteiger partial charge in [-0.25, -0.2) is 4.98 Å². The van der Waals surface area contributed by atoms with Crippen molar-refractivity contribution in [2.75, 3.05) is 7.11 Å². The number of rotatable bonds is 1. The molecule has 1 heterocycles. The Bertz CT molecular complexity index is 1000. The molecular formula is C17H11NO3. The van der Waals surface area contributed by atoms with Gasteiger partial charge in [0.25, 0.3) is 0 Å². The van der Waals surface area contributed by atoms with Crippen molar-refractivity contribution in [1.82, 2.24) is 4.98 Å². The maximum Gasteiger partial charge on any atom is 0.232 e. The minimum absolute atomic E-state index is 0.179. The number of aromatic nitrogens is 1. The molecule has 2 aliphatic rings. The summed E-state index contributed by atoms with van der Waals surface area (Å²) in [6.45, 7) is 0. The lowest BCUT2D eigenvalue weighted by atomic mass is 10.0. The molecule has 4 nitrogen and oxygen atoms in total. The van der Waals surface area contributed by atoms with Crippen molar-refractivity contribution >= 4 is 21.9 Å². The average molecular weight is 277 g/mol. The Kier molecular flexibility index (Phi) is 2.44. The van der Waals surface area contributed by atoms with E-state index < -0.39 is 0 Å². The molecule has 0 saturated heterocycles. The van der Waals surface area contributed by atoms with Crippen molar-refractivity contribution in [3.8, 4) is 17.2 Å². The fourth-order valence-electron chi connectivity index (χ4n) is 2.60. The van der Waals surface area contributed by atoms with Crippen molar-refractivity contribution in [2.24, 2.45) is 0 Å². The summed E-state index contributed by atoms with van der Waals surface area (Å²) in [6.07, 6.45) is 0. The summed E-state index contributed by atoms with van der Waals surface area (Å²) >= 11 is 0. The molecule has 2 aromatic rings. The van der Waals surface area contributed by atoms with Crippen molar-refractivity contribution in [3.63, 3.8) is 0 Å². The van der Waals surface area contributed by atoms with Crippen LogP contribution in [0.15, 0.2) is 57.7 Å². The quantitative estimate of drug-likeness (QED) is 0.395. The maximum absolute atomic E-state index is 12.5. The van der Waals surface area contributed by atoms with E-state index >= 15 is 0 Å². The summed E-state index contributed by atoms with van der Waals surface area (Å²) < 4.78 is 11.1. The van der Waals surface area contributed by atoms with Gasteiger partial charge in [-0.05, 0) is 12.1 Å². The Hall–Kier alpha value is -2.88. The zero-order valence-electron chi connectivity index (χ0n) is 11.3. The standard InChI is InChI=1S/C17H11NO3/c1-20-17-15(19)11-7-3-2-6-10(11)14-16(17)21-13-9-5-4-8-12(13)18-14/h2-9H,1H3. The van der Waals surface area contributed by atoms with Crippen molar-refractivity contribution < 1.29 is 9.15 Å². The molecule has 0 N–H and O–H groups in total. The lowest BCUT2D eigenvalue weighted by Gasteiger charge is -2.12. The van der Waals surface area contributed by atoms with E-state index in [9.17, 15) is 4.79 Å². The Morgan fingerprint density at radius 3 is 2.52 bits per heavy atom. The molecule has 0 bridgehead atoms. The highest BCUT2D eigenvalue weighted by atomic mass is 16.5. The van der Waals surface area contributed by atoms with E-state index in [2.05, 4.69) is 4.98 Å². The minimum atomic E-state index is -0.179. The van der Waals surface area contributed by atoms with Crippen LogP contribution in [0.25, 0.3) is 33.3 Å². The van der Waals surface area contributed by atoms with Gasteiger partial charge in [-0.2, -0.15) is 0 Å². The second kappa shape index (κ2) is 4.31. The number of para-hydroxylation sites is 2. The zero-order valence-corrected chi connectivity index (χ0v) is 11.3. The molecule has 21 heavy (non-hydrogen) atoms. The average Bonchev–Trinajstić information content (AvgIpc) is 2.54. The third-order valence-corrected chi connectivity index (χ3v) is 3.57. The van der Waals surface area contributed by atoms with E-state index in [1.165, 1.54) is 7.11 Å².